The first-order valence-electron chi connectivity index (χ1n) is 9.97. The van der Waals surface area contributed by atoms with E-state index in [2.05, 4.69) is 35.8 Å². The molecule has 1 amide bonds. The van der Waals surface area contributed by atoms with Crippen molar-refractivity contribution in [1.29, 1.82) is 5.26 Å². The van der Waals surface area contributed by atoms with E-state index in [1.807, 2.05) is 37.3 Å². The molecule has 2 aromatic carbocycles. The Kier molecular flexibility index (Phi) is 6.49. The number of hydrogen-bond acceptors (Lipinski definition) is 3. The predicted molar refractivity (Wildman–Crippen MR) is 113 cm³/mol. The number of para-hydroxylation sites is 1. The fraction of sp³-hybridized carbons (Fsp3) is 0.333. The molecule has 4 heteroatoms. The van der Waals surface area contributed by atoms with E-state index in [4.69, 9.17) is 0 Å². The lowest BCUT2D eigenvalue weighted by atomic mass is 9.89. The Morgan fingerprint density at radius 2 is 1.93 bits per heavy atom. The van der Waals surface area contributed by atoms with Crippen LogP contribution in [0.3, 0.4) is 0 Å². The summed E-state index contributed by atoms with van der Waals surface area (Å²) in [6.07, 6.45) is 7.23. The largest absolute Gasteiger partial charge is 0.383 e. The number of carbonyl (C=O) groups excluding carboxylic acids is 1. The summed E-state index contributed by atoms with van der Waals surface area (Å²) < 4.78 is 0. The average molecular weight is 374 g/mol. The van der Waals surface area contributed by atoms with Gasteiger partial charge in [-0.1, -0.05) is 43.3 Å². The second-order valence-corrected chi connectivity index (χ2v) is 7.30. The number of nitrogens with one attached hydrogen (secondary N) is 2. The van der Waals surface area contributed by atoms with Crippen LogP contribution in [0.2, 0.25) is 0 Å². The number of nitriles is 1. The second-order valence-electron chi connectivity index (χ2n) is 7.30. The summed E-state index contributed by atoms with van der Waals surface area (Å²) in [7, 11) is 0. The van der Waals surface area contributed by atoms with Gasteiger partial charge in [0.05, 0.1) is 6.04 Å². The number of rotatable bonds is 6. The van der Waals surface area contributed by atoms with E-state index in [1.54, 1.807) is 6.20 Å². The summed E-state index contributed by atoms with van der Waals surface area (Å²) in [5, 5.41) is 15.5. The first-order valence-corrected chi connectivity index (χ1v) is 9.97. The molecule has 0 spiro atoms. The van der Waals surface area contributed by atoms with Crippen molar-refractivity contribution in [2.45, 2.75) is 52.0 Å². The van der Waals surface area contributed by atoms with Crippen molar-refractivity contribution in [3.63, 3.8) is 0 Å². The van der Waals surface area contributed by atoms with Crippen molar-refractivity contribution in [3.05, 3.63) is 76.5 Å². The highest BCUT2D eigenvalue weighted by Gasteiger charge is 2.15. The first kappa shape index (κ1) is 19.7. The lowest BCUT2D eigenvalue weighted by Gasteiger charge is -2.21. The van der Waals surface area contributed by atoms with E-state index in [0.717, 1.165) is 30.5 Å². The zero-order chi connectivity index (χ0) is 19.9. The van der Waals surface area contributed by atoms with Gasteiger partial charge in [-0.2, -0.15) is 5.26 Å². The van der Waals surface area contributed by atoms with E-state index in [1.165, 1.54) is 29.5 Å². The van der Waals surface area contributed by atoms with Crippen LogP contribution >= 0.6 is 0 Å². The van der Waals surface area contributed by atoms with Gasteiger partial charge in [-0.15, -0.1) is 0 Å². The third-order valence-electron chi connectivity index (χ3n) is 5.37. The maximum atomic E-state index is 12.5. The van der Waals surface area contributed by atoms with Crippen LogP contribution in [0.25, 0.3) is 0 Å². The summed E-state index contributed by atoms with van der Waals surface area (Å²) in [6, 6.07) is 16.3. The van der Waals surface area contributed by atoms with Crippen LogP contribution < -0.4 is 10.6 Å². The summed E-state index contributed by atoms with van der Waals surface area (Å²) in [6.45, 7) is 4.03. The maximum absolute atomic E-state index is 12.5. The van der Waals surface area contributed by atoms with Gasteiger partial charge in [-0.3, -0.25) is 4.79 Å². The Morgan fingerprint density at radius 1 is 1.18 bits per heavy atom. The number of amides is 1. The standard InChI is InChI=1S/C24H27N3O/c1-3-22(20-13-12-18-9-5-6-10-19(18)14-20)26-16-21(15-25)24(28)27-23-11-7-4-8-17(23)2/h4,7-8,11-14,16,22,26H,3,5-6,9-10H2,1-2H3,(H,27,28)/b21-16-. The van der Waals surface area contributed by atoms with Gasteiger partial charge in [0.25, 0.3) is 5.91 Å². The lowest BCUT2D eigenvalue weighted by molar-refractivity contribution is -0.112. The van der Waals surface area contributed by atoms with Crippen molar-refractivity contribution in [1.82, 2.24) is 5.32 Å². The molecule has 0 bridgehead atoms. The minimum Gasteiger partial charge on any atom is -0.383 e. The number of nitrogens with zero attached hydrogens (tertiary/aromatic N) is 1. The van der Waals surface area contributed by atoms with Crippen molar-refractivity contribution >= 4 is 11.6 Å². The number of anilines is 1. The molecule has 0 fully saturated rings. The van der Waals surface area contributed by atoms with Crippen LogP contribution in [0.15, 0.2) is 54.2 Å². The first-order chi connectivity index (χ1) is 13.6. The van der Waals surface area contributed by atoms with Crippen LogP contribution in [0, 0.1) is 18.3 Å². The van der Waals surface area contributed by atoms with Crippen LogP contribution in [0.4, 0.5) is 5.69 Å². The third kappa shape index (κ3) is 4.61. The van der Waals surface area contributed by atoms with E-state index in [0.29, 0.717) is 0 Å². The number of carbonyl (C=O) groups is 1. The van der Waals surface area contributed by atoms with Crippen molar-refractivity contribution < 1.29 is 4.79 Å². The van der Waals surface area contributed by atoms with Crippen molar-refractivity contribution in [3.8, 4) is 6.07 Å². The summed E-state index contributed by atoms with van der Waals surface area (Å²) in [5.41, 5.74) is 5.84. The molecular formula is C24H27N3O. The van der Waals surface area contributed by atoms with Gasteiger partial charge >= 0.3 is 0 Å². The molecule has 1 atom stereocenters. The molecule has 0 radical (unpaired) electrons. The third-order valence-corrected chi connectivity index (χ3v) is 5.37. The molecule has 2 aromatic rings. The molecular weight excluding hydrogens is 346 g/mol. The molecule has 3 rings (SSSR count). The molecule has 0 aromatic heterocycles. The predicted octanol–water partition coefficient (Wildman–Crippen LogP) is 4.96. The SMILES string of the molecule is CCC(N/C=C(/C#N)C(=O)Nc1ccccc1C)c1ccc2c(c1)CCCC2. The Morgan fingerprint density at radius 3 is 2.64 bits per heavy atom. The van der Waals surface area contributed by atoms with Crippen molar-refractivity contribution in [2.24, 2.45) is 0 Å². The monoisotopic (exact) mass is 373 g/mol. The Hall–Kier alpha value is -3.06. The highest BCUT2D eigenvalue weighted by atomic mass is 16.1. The molecule has 0 aliphatic heterocycles. The fourth-order valence-electron chi connectivity index (χ4n) is 3.66. The molecule has 1 aliphatic rings. The minimum atomic E-state index is -0.399. The van der Waals surface area contributed by atoms with Gasteiger partial charge in [0.2, 0.25) is 0 Å². The van der Waals surface area contributed by atoms with Crippen LogP contribution in [-0.4, -0.2) is 5.91 Å². The Balaban J connectivity index is 1.72. The zero-order valence-corrected chi connectivity index (χ0v) is 16.6. The molecule has 1 aliphatic carbocycles. The van der Waals surface area contributed by atoms with E-state index in [9.17, 15) is 10.1 Å². The molecule has 0 saturated carbocycles. The number of hydrogen-bond donors (Lipinski definition) is 2. The molecule has 2 N–H and O–H groups in total. The van der Waals surface area contributed by atoms with E-state index >= 15 is 0 Å². The highest BCUT2D eigenvalue weighted by molar-refractivity contribution is 6.06. The number of aryl methyl sites for hydroxylation is 3. The Bertz CT molecular complexity index is 924. The van der Waals surface area contributed by atoms with Gasteiger partial charge in [0.1, 0.15) is 11.6 Å². The topological polar surface area (TPSA) is 64.9 Å². The fourth-order valence-corrected chi connectivity index (χ4v) is 3.66. The lowest BCUT2D eigenvalue weighted by Crippen LogP contribution is -2.20. The number of benzene rings is 2. The highest BCUT2D eigenvalue weighted by Crippen LogP contribution is 2.26. The minimum absolute atomic E-state index is 0.0691. The normalized spacial score (nSPS) is 14.5. The van der Waals surface area contributed by atoms with E-state index < -0.39 is 5.91 Å². The van der Waals surface area contributed by atoms with Gasteiger partial charge in [0, 0.05) is 11.9 Å². The zero-order valence-electron chi connectivity index (χ0n) is 16.6. The Labute approximate surface area is 167 Å². The van der Waals surface area contributed by atoms with Crippen molar-refractivity contribution in [2.75, 3.05) is 5.32 Å². The molecule has 0 heterocycles. The van der Waals surface area contributed by atoms with Crippen LogP contribution in [0.5, 0.6) is 0 Å². The molecule has 144 valence electrons. The second kappa shape index (κ2) is 9.23. The summed E-state index contributed by atoms with van der Waals surface area (Å²) >= 11 is 0. The van der Waals surface area contributed by atoms with E-state index in [-0.39, 0.29) is 11.6 Å². The molecule has 4 nitrogen and oxygen atoms in total. The van der Waals surface area contributed by atoms with Crippen LogP contribution in [0.1, 0.15) is 54.5 Å². The quantitative estimate of drug-likeness (QED) is 0.555. The van der Waals surface area contributed by atoms with Gasteiger partial charge in [-0.25, -0.2) is 0 Å². The smallest absolute Gasteiger partial charge is 0.267 e. The number of fused-ring (bicyclic) bond motifs is 1. The average Bonchev–Trinajstić information content (AvgIpc) is 2.72. The van der Waals surface area contributed by atoms with Crippen LogP contribution in [-0.2, 0) is 17.6 Å². The summed E-state index contributed by atoms with van der Waals surface area (Å²) in [4.78, 5) is 12.5. The maximum Gasteiger partial charge on any atom is 0.267 e. The summed E-state index contributed by atoms with van der Waals surface area (Å²) in [5.74, 6) is -0.399. The molecule has 0 saturated heterocycles. The van der Waals surface area contributed by atoms with Gasteiger partial charge < -0.3 is 10.6 Å². The molecule has 28 heavy (non-hydrogen) atoms. The van der Waals surface area contributed by atoms with Gasteiger partial charge in [0.15, 0.2) is 0 Å². The molecule has 1 unspecified atom stereocenters. The van der Waals surface area contributed by atoms with Gasteiger partial charge in [-0.05, 0) is 67.3 Å².